The Kier molecular flexibility index (Phi) is 7.91. The number of rotatable bonds is 5. The molecule has 3 rings (SSSR count). The third kappa shape index (κ3) is 4.84. The average Bonchev–Trinajstić information content (AvgIpc) is 3.26. The van der Waals surface area contributed by atoms with Crippen molar-refractivity contribution in [3.05, 3.63) is 24.0 Å². The summed E-state index contributed by atoms with van der Waals surface area (Å²) < 4.78 is 7.07. The molecule has 29 heavy (non-hydrogen) atoms. The van der Waals surface area contributed by atoms with Crippen molar-refractivity contribution in [2.24, 2.45) is 0 Å². The van der Waals surface area contributed by atoms with Gasteiger partial charge in [0.25, 0.3) is 0 Å². The first-order valence-corrected chi connectivity index (χ1v) is 9.79. The number of hydrogen-bond acceptors (Lipinski definition) is 9. The van der Waals surface area contributed by atoms with Crippen LogP contribution in [-0.2, 0) is 4.74 Å². The molecule has 0 aromatic carbocycles. The molecule has 10 heteroatoms. The van der Waals surface area contributed by atoms with Gasteiger partial charge in [0, 0.05) is 0 Å². The summed E-state index contributed by atoms with van der Waals surface area (Å²) in [5.41, 5.74) is 7.07. The maximum atomic E-state index is 10.2. The van der Waals surface area contributed by atoms with E-state index in [1.807, 2.05) is 0 Å². The lowest BCUT2D eigenvalue weighted by molar-refractivity contribution is -0.0345. The van der Waals surface area contributed by atoms with Gasteiger partial charge in [-0.15, -0.1) is 0 Å². The Labute approximate surface area is 170 Å². The number of ether oxygens (including phenoxy) is 1. The molecule has 1 aliphatic heterocycles. The highest BCUT2D eigenvalue weighted by Gasteiger charge is 2.46. The quantitative estimate of drug-likeness (QED) is 0.537. The molecule has 2 aromatic rings. The Bertz CT molecular complexity index is 826. The second kappa shape index (κ2) is 9.97. The zero-order chi connectivity index (χ0) is 21.7. The molecule has 0 unspecified atom stereocenters. The predicted octanol–water partition coefficient (Wildman–Crippen LogP) is 1.23. The number of aliphatic hydroxyl groups is 3. The molecule has 0 radical (unpaired) electrons. The van der Waals surface area contributed by atoms with E-state index < -0.39 is 24.5 Å². The van der Waals surface area contributed by atoms with Crippen LogP contribution in [-0.4, -0.2) is 77.7 Å². The third-order valence-electron chi connectivity index (χ3n) is 5.02. The summed E-state index contributed by atoms with van der Waals surface area (Å²) in [4.78, 5) is 14.4. The lowest BCUT2D eigenvalue weighted by atomic mass is 10.1. The maximum Gasteiger partial charge on any atom is 0.167 e. The first-order chi connectivity index (χ1) is 13.8. The van der Waals surface area contributed by atoms with Crippen LogP contribution in [0.3, 0.4) is 0 Å². The highest BCUT2D eigenvalue weighted by molar-refractivity contribution is 5.81. The van der Waals surface area contributed by atoms with Crippen molar-refractivity contribution < 1.29 is 20.1 Å². The van der Waals surface area contributed by atoms with Crippen LogP contribution in [0.25, 0.3) is 11.2 Å². The number of aliphatic hydroxyl groups excluding tert-OH is 3. The predicted molar refractivity (Wildman–Crippen MR) is 110 cm³/mol. The Morgan fingerprint density at radius 1 is 1.10 bits per heavy atom. The summed E-state index contributed by atoms with van der Waals surface area (Å²) in [6.45, 7) is 13.5. The molecule has 0 bridgehead atoms. The first kappa shape index (κ1) is 23.0. The van der Waals surface area contributed by atoms with Crippen molar-refractivity contribution in [3.8, 4) is 0 Å². The molecule has 4 atom stereocenters. The number of nitrogens with zero attached hydrogens (tertiary/aromatic N) is 5. The van der Waals surface area contributed by atoms with Gasteiger partial charge in [-0.2, -0.15) is 0 Å². The van der Waals surface area contributed by atoms with Gasteiger partial charge in [0.15, 0.2) is 17.7 Å². The summed E-state index contributed by atoms with van der Waals surface area (Å²) in [5, 5.41) is 30.3. The zero-order valence-corrected chi connectivity index (χ0v) is 17.6. The first-order valence-electron chi connectivity index (χ1n) is 9.79. The van der Waals surface area contributed by atoms with E-state index in [4.69, 9.17) is 10.5 Å². The SMILES string of the molecule is CC(C)=C(O)[C@H]1O[C@@H](n2cnc3c(N)ncnc32)[C@H](O)[C@@H]1O.CCN(CC)CC. The van der Waals surface area contributed by atoms with Crippen LogP contribution in [0.2, 0.25) is 0 Å². The maximum absolute atomic E-state index is 10.2. The highest BCUT2D eigenvalue weighted by atomic mass is 16.6. The number of nitrogens with two attached hydrogens (primary N) is 1. The summed E-state index contributed by atoms with van der Waals surface area (Å²) in [6, 6.07) is 0. The molecule has 1 fully saturated rings. The van der Waals surface area contributed by atoms with Crippen molar-refractivity contribution in [2.75, 3.05) is 25.4 Å². The number of fused-ring (bicyclic) bond motifs is 1. The normalized spacial score (nSPS) is 23.9. The number of aromatic nitrogens is 4. The van der Waals surface area contributed by atoms with Crippen LogP contribution < -0.4 is 5.73 Å². The van der Waals surface area contributed by atoms with Crippen LogP contribution in [0.4, 0.5) is 5.82 Å². The molecule has 5 N–H and O–H groups in total. The van der Waals surface area contributed by atoms with E-state index in [1.165, 1.54) is 36.9 Å². The van der Waals surface area contributed by atoms with Gasteiger partial charge >= 0.3 is 0 Å². The third-order valence-corrected chi connectivity index (χ3v) is 5.02. The summed E-state index contributed by atoms with van der Waals surface area (Å²) in [6.07, 6.45) is -1.80. The van der Waals surface area contributed by atoms with E-state index in [-0.39, 0.29) is 11.6 Å². The zero-order valence-electron chi connectivity index (χ0n) is 17.6. The van der Waals surface area contributed by atoms with Gasteiger partial charge in [0.2, 0.25) is 0 Å². The Balaban J connectivity index is 0.000000370. The minimum atomic E-state index is -1.27. The molecule has 0 saturated carbocycles. The van der Waals surface area contributed by atoms with Crippen LogP contribution in [0, 0.1) is 0 Å². The largest absolute Gasteiger partial charge is 0.510 e. The molecule has 10 nitrogen and oxygen atoms in total. The van der Waals surface area contributed by atoms with Crippen molar-refractivity contribution in [1.29, 1.82) is 0 Å². The number of anilines is 1. The fourth-order valence-electron chi connectivity index (χ4n) is 3.13. The number of nitrogen functional groups attached to an aromatic ring is 1. The van der Waals surface area contributed by atoms with Gasteiger partial charge < -0.3 is 30.7 Å². The number of imidazole rings is 1. The van der Waals surface area contributed by atoms with Gasteiger partial charge in [0.1, 0.15) is 35.9 Å². The van der Waals surface area contributed by atoms with Gasteiger partial charge in [-0.05, 0) is 39.1 Å². The summed E-state index contributed by atoms with van der Waals surface area (Å²) in [5.74, 6) is 0.105. The molecule has 1 saturated heterocycles. The van der Waals surface area contributed by atoms with Gasteiger partial charge in [-0.1, -0.05) is 20.8 Å². The van der Waals surface area contributed by atoms with Crippen LogP contribution >= 0.6 is 0 Å². The van der Waals surface area contributed by atoms with E-state index in [1.54, 1.807) is 13.8 Å². The van der Waals surface area contributed by atoms with Gasteiger partial charge in [-0.3, -0.25) is 4.57 Å². The molecule has 0 aliphatic carbocycles. The minimum absolute atomic E-state index is 0.104. The fourth-order valence-corrected chi connectivity index (χ4v) is 3.13. The molecule has 162 valence electrons. The van der Waals surface area contributed by atoms with Crippen LogP contribution in [0.1, 0.15) is 40.8 Å². The van der Waals surface area contributed by atoms with E-state index in [2.05, 4.69) is 40.6 Å². The van der Waals surface area contributed by atoms with Crippen molar-refractivity contribution in [2.45, 2.75) is 59.2 Å². The molecule has 3 heterocycles. The van der Waals surface area contributed by atoms with E-state index in [0.29, 0.717) is 16.7 Å². The van der Waals surface area contributed by atoms with E-state index in [9.17, 15) is 15.3 Å². The smallest absolute Gasteiger partial charge is 0.167 e. The van der Waals surface area contributed by atoms with Crippen molar-refractivity contribution in [3.63, 3.8) is 0 Å². The Morgan fingerprint density at radius 2 is 1.72 bits per heavy atom. The lowest BCUT2D eigenvalue weighted by Crippen LogP contribution is -2.32. The molecule has 0 spiro atoms. The lowest BCUT2D eigenvalue weighted by Gasteiger charge is -2.16. The van der Waals surface area contributed by atoms with Crippen LogP contribution in [0.5, 0.6) is 0 Å². The second-order valence-electron chi connectivity index (χ2n) is 7.02. The monoisotopic (exact) mass is 408 g/mol. The molecule has 1 aliphatic rings. The summed E-state index contributed by atoms with van der Waals surface area (Å²) in [7, 11) is 0. The Hall–Kier alpha value is -2.27. The topological polar surface area (TPSA) is 143 Å². The molecular weight excluding hydrogens is 376 g/mol. The number of hydrogen-bond donors (Lipinski definition) is 4. The Morgan fingerprint density at radius 3 is 2.24 bits per heavy atom. The van der Waals surface area contributed by atoms with Crippen molar-refractivity contribution in [1.82, 2.24) is 24.4 Å². The van der Waals surface area contributed by atoms with E-state index >= 15 is 0 Å². The molecular formula is C19H32N6O4. The minimum Gasteiger partial charge on any atom is -0.510 e. The molecule has 2 aromatic heterocycles. The average molecular weight is 409 g/mol. The second-order valence-corrected chi connectivity index (χ2v) is 7.02. The van der Waals surface area contributed by atoms with Gasteiger partial charge in [-0.25, -0.2) is 15.0 Å². The molecule has 0 amide bonds. The van der Waals surface area contributed by atoms with E-state index in [0.717, 1.165) is 0 Å². The highest BCUT2D eigenvalue weighted by Crippen LogP contribution is 2.34. The number of allylic oxidation sites excluding steroid dienone is 1. The standard InChI is InChI=1S/C13H17N5O4.C6H15N/c1-5(2)7(19)10-8(20)9(21)13(22-10)18-4-17-6-11(14)15-3-16-12(6)18;1-4-7(5-2)6-3/h3-4,8-10,13,19-21H,1-2H3,(H2,14,15,16);4-6H2,1-3H3/t8-,9+,10+,13+;/m0./s1. The fraction of sp³-hybridized carbons (Fsp3) is 0.632. The van der Waals surface area contributed by atoms with Crippen LogP contribution in [0.15, 0.2) is 24.0 Å². The van der Waals surface area contributed by atoms with Gasteiger partial charge in [0.05, 0.1) is 6.33 Å². The summed E-state index contributed by atoms with van der Waals surface area (Å²) >= 11 is 0. The van der Waals surface area contributed by atoms with Crippen molar-refractivity contribution >= 4 is 17.0 Å².